The lowest BCUT2D eigenvalue weighted by Crippen LogP contribution is -2.43. The van der Waals surface area contributed by atoms with Gasteiger partial charge >= 0.3 is 6.18 Å². The van der Waals surface area contributed by atoms with Crippen LogP contribution in [-0.4, -0.2) is 63.2 Å². The SMILES string of the molecule is O=C(NCC(c1ccc(C(F)(F)F)nc1)N1CCOCC1)c1cn(-c2ncccn2)c2cccc(F)c12. The van der Waals surface area contributed by atoms with Crippen LogP contribution in [0.1, 0.15) is 27.7 Å². The zero-order valence-electron chi connectivity index (χ0n) is 19.5. The highest BCUT2D eigenvalue weighted by Crippen LogP contribution is 2.30. The lowest BCUT2D eigenvalue weighted by Gasteiger charge is -2.34. The lowest BCUT2D eigenvalue weighted by molar-refractivity contribution is -0.141. The number of nitrogens with one attached hydrogen (secondary N) is 1. The molecule has 0 aliphatic carbocycles. The van der Waals surface area contributed by atoms with Crippen molar-refractivity contribution in [1.82, 2.24) is 29.7 Å². The first-order chi connectivity index (χ1) is 17.8. The fraction of sp³-hybridized carbons (Fsp3) is 0.280. The molecule has 0 saturated carbocycles. The number of hydrogen-bond acceptors (Lipinski definition) is 6. The average Bonchev–Trinajstić information content (AvgIpc) is 3.31. The summed E-state index contributed by atoms with van der Waals surface area (Å²) in [5, 5.41) is 2.95. The first kappa shape index (κ1) is 24.8. The van der Waals surface area contributed by atoms with Gasteiger partial charge in [-0.1, -0.05) is 12.1 Å². The molecule has 1 atom stereocenters. The Morgan fingerprint density at radius 3 is 2.49 bits per heavy atom. The molecule has 0 spiro atoms. The summed E-state index contributed by atoms with van der Waals surface area (Å²) in [6.07, 6.45) is 1.17. The van der Waals surface area contributed by atoms with E-state index in [1.54, 1.807) is 12.1 Å². The minimum absolute atomic E-state index is 0.0643. The molecule has 192 valence electrons. The Morgan fingerprint density at radius 1 is 1.05 bits per heavy atom. The number of alkyl halides is 3. The van der Waals surface area contributed by atoms with Gasteiger partial charge in [0, 0.05) is 49.8 Å². The van der Waals surface area contributed by atoms with Crippen LogP contribution >= 0.6 is 0 Å². The van der Waals surface area contributed by atoms with Crippen LogP contribution < -0.4 is 5.32 Å². The molecule has 5 rings (SSSR count). The number of pyridine rings is 1. The summed E-state index contributed by atoms with van der Waals surface area (Å²) in [5.41, 5.74) is 0.0359. The number of ether oxygens (including phenoxy) is 1. The average molecular weight is 514 g/mol. The highest BCUT2D eigenvalue weighted by molar-refractivity contribution is 6.07. The molecule has 1 N–H and O–H groups in total. The highest BCUT2D eigenvalue weighted by atomic mass is 19.4. The van der Waals surface area contributed by atoms with E-state index >= 15 is 0 Å². The Hall–Kier alpha value is -3.90. The van der Waals surface area contributed by atoms with Crippen molar-refractivity contribution in [2.45, 2.75) is 12.2 Å². The monoisotopic (exact) mass is 514 g/mol. The van der Waals surface area contributed by atoms with Crippen molar-refractivity contribution in [3.05, 3.63) is 83.8 Å². The maximum atomic E-state index is 14.9. The molecule has 12 heteroatoms. The predicted molar refractivity (Wildman–Crippen MR) is 126 cm³/mol. The first-order valence-electron chi connectivity index (χ1n) is 11.5. The molecule has 0 radical (unpaired) electrons. The Balaban J connectivity index is 1.44. The Morgan fingerprint density at radius 2 is 1.81 bits per heavy atom. The fourth-order valence-electron chi connectivity index (χ4n) is 4.40. The largest absolute Gasteiger partial charge is 0.433 e. The van der Waals surface area contributed by atoms with Crippen LogP contribution in [0.2, 0.25) is 0 Å². The summed E-state index contributed by atoms with van der Waals surface area (Å²) in [7, 11) is 0. The molecular weight excluding hydrogens is 492 g/mol. The van der Waals surface area contributed by atoms with E-state index in [0.29, 0.717) is 37.4 Å². The number of carbonyl (C=O) groups is 1. The second kappa shape index (κ2) is 10.2. The molecule has 3 aromatic heterocycles. The molecule has 0 bridgehead atoms. The van der Waals surface area contributed by atoms with E-state index in [1.807, 2.05) is 4.90 Å². The van der Waals surface area contributed by atoms with Crippen LogP contribution in [0.5, 0.6) is 0 Å². The molecule has 8 nitrogen and oxygen atoms in total. The van der Waals surface area contributed by atoms with E-state index in [1.165, 1.54) is 47.6 Å². The number of carbonyl (C=O) groups excluding carboxylic acids is 1. The molecule has 1 unspecified atom stereocenters. The molecule has 4 aromatic rings. The summed E-state index contributed by atoms with van der Waals surface area (Å²) in [5.74, 6) is -0.837. The zero-order valence-corrected chi connectivity index (χ0v) is 19.5. The second-order valence-electron chi connectivity index (χ2n) is 8.44. The van der Waals surface area contributed by atoms with Crippen LogP contribution in [0.3, 0.4) is 0 Å². The minimum atomic E-state index is -4.55. The Labute approximate surface area is 208 Å². The van der Waals surface area contributed by atoms with Crippen molar-refractivity contribution in [3.63, 3.8) is 0 Å². The van der Waals surface area contributed by atoms with E-state index < -0.39 is 29.6 Å². The fourth-order valence-corrected chi connectivity index (χ4v) is 4.40. The van der Waals surface area contributed by atoms with E-state index in [-0.39, 0.29) is 23.4 Å². The van der Waals surface area contributed by atoms with Crippen LogP contribution in [-0.2, 0) is 10.9 Å². The van der Waals surface area contributed by atoms with E-state index in [9.17, 15) is 22.4 Å². The number of morpholine rings is 1. The molecular formula is C25H22F4N6O2. The van der Waals surface area contributed by atoms with Crippen molar-refractivity contribution < 1.29 is 27.1 Å². The molecule has 1 fully saturated rings. The standard InChI is InChI=1S/C25H22F4N6O2/c26-18-3-1-4-19-22(18)17(15-35(19)24-30-7-2-8-31-24)23(36)33-14-20(34-9-11-37-12-10-34)16-5-6-21(32-13-16)25(27,28)29/h1-8,13,15,20H,9-12,14H2,(H,33,36). The first-order valence-corrected chi connectivity index (χ1v) is 11.5. The normalized spacial score (nSPS) is 15.6. The van der Waals surface area contributed by atoms with Crippen LogP contribution in [0, 0.1) is 5.82 Å². The number of rotatable bonds is 6. The van der Waals surface area contributed by atoms with Crippen LogP contribution in [0.15, 0.2) is 61.2 Å². The Kier molecular flexibility index (Phi) is 6.85. The van der Waals surface area contributed by atoms with Gasteiger partial charge in [0.15, 0.2) is 0 Å². The molecule has 1 aromatic carbocycles. The van der Waals surface area contributed by atoms with Gasteiger partial charge in [-0.25, -0.2) is 14.4 Å². The summed E-state index contributed by atoms with van der Waals surface area (Å²) in [4.78, 5) is 27.3. The third kappa shape index (κ3) is 5.16. The summed E-state index contributed by atoms with van der Waals surface area (Å²) < 4.78 is 60.8. The van der Waals surface area contributed by atoms with Crippen molar-refractivity contribution in [1.29, 1.82) is 0 Å². The van der Waals surface area contributed by atoms with Gasteiger partial charge in [-0.05, 0) is 29.8 Å². The topological polar surface area (TPSA) is 85.2 Å². The quantitative estimate of drug-likeness (QED) is 0.395. The lowest BCUT2D eigenvalue weighted by atomic mass is 10.1. The van der Waals surface area contributed by atoms with Crippen molar-refractivity contribution in [2.75, 3.05) is 32.8 Å². The van der Waals surface area contributed by atoms with Gasteiger partial charge in [-0.15, -0.1) is 0 Å². The number of nitrogens with zero attached hydrogens (tertiary/aromatic N) is 5. The summed E-state index contributed by atoms with van der Waals surface area (Å²) in [6, 6.07) is 7.93. The van der Waals surface area contributed by atoms with Gasteiger partial charge < -0.3 is 10.1 Å². The van der Waals surface area contributed by atoms with E-state index in [2.05, 4.69) is 20.3 Å². The number of hydrogen-bond donors (Lipinski definition) is 1. The minimum Gasteiger partial charge on any atom is -0.379 e. The third-order valence-electron chi connectivity index (χ3n) is 6.19. The number of halogens is 4. The molecule has 4 heterocycles. The smallest absolute Gasteiger partial charge is 0.379 e. The molecule has 1 aliphatic heterocycles. The van der Waals surface area contributed by atoms with Gasteiger partial charge in [0.05, 0.1) is 30.3 Å². The van der Waals surface area contributed by atoms with Crippen LogP contribution in [0.25, 0.3) is 16.9 Å². The van der Waals surface area contributed by atoms with Gasteiger partial charge in [0.1, 0.15) is 11.5 Å². The molecule has 1 amide bonds. The third-order valence-corrected chi connectivity index (χ3v) is 6.19. The number of amides is 1. The predicted octanol–water partition coefficient (Wildman–Crippen LogP) is 3.78. The molecule has 1 saturated heterocycles. The Bertz CT molecular complexity index is 1390. The summed E-state index contributed by atoms with van der Waals surface area (Å²) >= 11 is 0. The number of aromatic nitrogens is 4. The van der Waals surface area contributed by atoms with Gasteiger partial charge in [-0.2, -0.15) is 13.2 Å². The van der Waals surface area contributed by atoms with Crippen molar-refractivity contribution >= 4 is 16.8 Å². The maximum Gasteiger partial charge on any atom is 0.433 e. The zero-order chi connectivity index (χ0) is 26.0. The van der Waals surface area contributed by atoms with Crippen molar-refractivity contribution in [3.8, 4) is 5.95 Å². The van der Waals surface area contributed by atoms with Crippen molar-refractivity contribution in [2.24, 2.45) is 0 Å². The summed E-state index contributed by atoms with van der Waals surface area (Å²) in [6.45, 7) is 2.03. The van der Waals surface area contributed by atoms with Crippen LogP contribution in [0.4, 0.5) is 17.6 Å². The van der Waals surface area contributed by atoms with Gasteiger partial charge in [0.2, 0.25) is 5.95 Å². The van der Waals surface area contributed by atoms with E-state index in [0.717, 1.165) is 6.07 Å². The van der Waals surface area contributed by atoms with Gasteiger partial charge in [0.25, 0.3) is 5.91 Å². The molecule has 37 heavy (non-hydrogen) atoms. The second-order valence-corrected chi connectivity index (χ2v) is 8.44. The van der Waals surface area contributed by atoms with Gasteiger partial charge in [-0.3, -0.25) is 19.2 Å². The number of fused-ring (bicyclic) bond motifs is 1. The van der Waals surface area contributed by atoms with E-state index in [4.69, 9.17) is 4.74 Å². The molecule has 1 aliphatic rings. The number of benzene rings is 1. The maximum absolute atomic E-state index is 14.9. The highest BCUT2D eigenvalue weighted by Gasteiger charge is 2.33.